The topological polar surface area (TPSA) is 78.8 Å². The predicted octanol–water partition coefficient (Wildman–Crippen LogP) is 1.08. The molecule has 0 aliphatic carbocycles. The molecule has 0 radical (unpaired) electrons. The maximum absolute atomic E-state index is 13.6. The van der Waals surface area contributed by atoms with Crippen molar-refractivity contribution in [3.05, 3.63) is 29.1 Å². The van der Waals surface area contributed by atoms with E-state index in [1.807, 2.05) is 0 Å². The van der Waals surface area contributed by atoms with Crippen LogP contribution in [0.5, 0.6) is 5.75 Å². The summed E-state index contributed by atoms with van der Waals surface area (Å²) in [7, 11) is 0. The molecule has 0 spiro atoms. The number of carbonyl (C=O) groups excluding carboxylic acids is 1. The number of amides is 1. The molecule has 8 heteroatoms. The number of phenolic OH excluding ortho intramolecular Hbond substituents is 1. The van der Waals surface area contributed by atoms with Crippen molar-refractivity contribution in [2.75, 3.05) is 19.8 Å². The van der Waals surface area contributed by atoms with Gasteiger partial charge in [0, 0.05) is 32.6 Å². The van der Waals surface area contributed by atoms with Crippen molar-refractivity contribution in [1.29, 1.82) is 0 Å². The molecule has 21 heavy (non-hydrogen) atoms. The molecule has 1 heterocycles. The molecule has 1 aromatic rings. The van der Waals surface area contributed by atoms with Crippen molar-refractivity contribution in [2.45, 2.75) is 18.4 Å². The molecule has 0 aromatic heterocycles. The highest BCUT2D eigenvalue weighted by Gasteiger charge is 2.31. The SMILES string of the molecule is O=C(NCC1(O)CCOCC1)c1cc(F)c(F)c(O)c1F. The fourth-order valence-electron chi connectivity index (χ4n) is 2.02. The first kappa shape index (κ1) is 15.6. The minimum atomic E-state index is -1.76. The van der Waals surface area contributed by atoms with E-state index >= 15 is 0 Å². The second-order valence-electron chi connectivity index (χ2n) is 4.90. The lowest BCUT2D eigenvalue weighted by Crippen LogP contribution is -2.46. The van der Waals surface area contributed by atoms with Gasteiger partial charge in [-0.2, -0.15) is 4.39 Å². The molecule has 0 bridgehead atoms. The Bertz CT molecular complexity index is 559. The van der Waals surface area contributed by atoms with Gasteiger partial charge >= 0.3 is 0 Å². The second-order valence-corrected chi connectivity index (χ2v) is 4.90. The zero-order chi connectivity index (χ0) is 15.6. The Labute approximate surface area is 118 Å². The number of rotatable bonds is 3. The van der Waals surface area contributed by atoms with E-state index in [0.29, 0.717) is 32.1 Å². The summed E-state index contributed by atoms with van der Waals surface area (Å²) in [6.07, 6.45) is 0.581. The van der Waals surface area contributed by atoms with E-state index in [1.54, 1.807) is 0 Å². The van der Waals surface area contributed by atoms with Crippen LogP contribution in [-0.4, -0.2) is 41.5 Å². The van der Waals surface area contributed by atoms with Gasteiger partial charge in [0.15, 0.2) is 17.4 Å². The Balaban J connectivity index is 2.10. The maximum atomic E-state index is 13.6. The number of carbonyl (C=O) groups is 1. The van der Waals surface area contributed by atoms with Gasteiger partial charge in [0.05, 0.1) is 11.2 Å². The molecule has 1 saturated heterocycles. The average molecular weight is 305 g/mol. The molecule has 1 amide bonds. The third-order valence-corrected chi connectivity index (χ3v) is 3.38. The van der Waals surface area contributed by atoms with E-state index in [1.165, 1.54) is 0 Å². The molecule has 1 aromatic carbocycles. The monoisotopic (exact) mass is 305 g/mol. The Morgan fingerprint density at radius 1 is 1.29 bits per heavy atom. The highest BCUT2D eigenvalue weighted by atomic mass is 19.2. The third-order valence-electron chi connectivity index (χ3n) is 3.38. The Morgan fingerprint density at radius 2 is 1.90 bits per heavy atom. The fourth-order valence-corrected chi connectivity index (χ4v) is 2.02. The van der Waals surface area contributed by atoms with Crippen LogP contribution in [0.2, 0.25) is 0 Å². The lowest BCUT2D eigenvalue weighted by Gasteiger charge is -2.32. The van der Waals surface area contributed by atoms with E-state index in [9.17, 15) is 23.1 Å². The van der Waals surface area contributed by atoms with Gasteiger partial charge in [0.1, 0.15) is 0 Å². The van der Waals surface area contributed by atoms with Gasteiger partial charge in [-0.25, -0.2) is 8.78 Å². The van der Waals surface area contributed by atoms with Crippen molar-refractivity contribution < 1.29 is 32.9 Å². The fraction of sp³-hybridized carbons (Fsp3) is 0.462. The van der Waals surface area contributed by atoms with Crippen LogP contribution in [0.15, 0.2) is 6.07 Å². The second kappa shape index (κ2) is 5.90. The highest BCUT2D eigenvalue weighted by Crippen LogP contribution is 2.26. The quantitative estimate of drug-likeness (QED) is 0.730. The molecule has 0 atom stereocenters. The van der Waals surface area contributed by atoms with Gasteiger partial charge in [0.25, 0.3) is 5.91 Å². The Kier molecular flexibility index (Phi) is 4.38. The third kappa shape index (κ3) is 3.27. The van der Waals surface area contributed by atoms with E-state index in [4.69, 9.17) is 9.84 Å². The summed E-state index contributed by atoms with van der Waals surface area (Å²) in [6, 6.07) is 0.355. The number of hydrogen-bond acceptors (Lipinski definition) is 4. The van der Waals surface area contributed by atoms with Crippen molar-refractivity contribution in [2.24, 2.45) is 0 Å². The highest BCUT2D eigenvalue weighted by molar-refractivity contribution is 5.95. The largest absolute Gasteiger partial charge is 0.503 e. The molecule has 1 aliphatic heterocycles. The molecular weight excluding hydrogens is 291 g/mol. The number of aromatic hydroxyl groups is 1. The first-order valence-electron chi connectivity index (χ1n) is 6.29. The van der Waals surface area contributed by atoms with Crippen LogP contribution in [0.4, 0.5) is 13.2 Å². The summed E-state index contributed by atoms with van der Waals surface area (Å²) in [5.74, 6) is -7.45. The summed E-state index contributed by atoms with van der Waals surface area (Å²) in [6.45, 7) is 0.466. The molecule has 3 N–H and O–H groups in total. The summed E-state index contributed by atoms with van der Waals surface area (Å²) in [5, 5.41) is 21.4. The van der Waals surface area contributed by atoms with Crippen LogP contribution in [0.25, 0.3) is 0 Å². The molecule has 5 nitrogen and oxygen atoms in total. The number of aliphatic hydroxyl groups is 1. The number of nitrogens with one attached hydrogen (secondary N) is 1. The molecule has 116 valence electrons. The zero-order valence-corrected chi connectivity index (χ0v) is 11.0. The molecule has 1 aliphatic rings. The Hall–Kier alpha value is -1.80. The van der Waals surface area contributed by atoms with Gasteiger partial charge < -0.3 is 20.3 Å². The molecule has 0 saturated carbocycles. The lowest BCUT2D eigenvalue weighted by molar-refractivity contribution is -0.0605. The maximum Gasteiger partial charge on any atom is 0.254 e. The van der Waals surface area contributed by atoms with Crippen molar-refractivity contribution in [3.63, 3.8) is 0 Å². The normalized spacial score (nSPS) is 17.5. The minimum absolute atomic E-state index is 0.186. The summed E-state index contributed by atoms with van der Waals surface area (Å²) in [4.78, 5) is 11.8. The van der Waals surface area contributed by atoms with Gasteiger partial charge in [-0.05, 0) is 6.07 Å². The number of ether oxygens (including phenoxy) is 1. The van der Waals surface area contributed by atoms with Crippen LogP contribution in [0, 0.1) is 17.5 Å². The molecule has 1 fully saturated rings. The van der Waals surface area contributed by atoms with Crippen LogP contribution >= 0.6 is 0 Å². The molecule has 0 unspecified atom stereocenters. The number of halogens is 3. The van der Waals surface area contributed by atoms with Crippen molar-refractivity contribution in [1.82, 2.24) is 5.32 Å². The van der Waals surface area contributed by atoms with Gasteiger partial charge in [-0.1, -0.05) is 0 Å². The number of benzene rings is 1. The van der Waals surface area contributed by atoms with E-state index in [2.05, 4.69) is 5.32 Å². The first-order valence-corrected chi connectivity index (χ1v) is 6.29. The standard InChI is InChI=1S/C13H14F3NO4/c14-8-5-7(9(15)11(18)10(8)16)12(19)17-6-13(20)1-3-21-4-2-13/h5,18,20H,1-4,6H2,(H,17,19). The molecular formula is C13H14F3NO4. The van der Waals surface area contributed by atoms with Crippen LogP contribution in [0.1, 0.15) is 23.2 Å². The van der Waals surface area contributed by atoms with Crippen molar-refractivity contribution >= 4 is 5.91 Å². The van der Waals surface area contributed by atoms with Crippen molar-refractivity contribution in [3.8, 4) is 5.75 Å². The average Bonchev–Trinajstić information content (AvgIpc) is 2.47. The smallest absolute Gasteiger partial charge is 0.254 e. The van der Waals surface area contributed by atoms with E-state index < -0.39 is 40.3 Å². The zero-order valence-electron chi connectivity index (χ0n) is 11.0. The minimum Gasteiger partial charge on any atom is -0.503 e. The van der Waals surface area contributed by atoms with E-state index in [-0.39, 0.29) is 6.54 Å². The van der Waals surface area contributed by atoms with Gasteiger partial charge in [-0.15, -0.1) is 0 Å². The number of hydrogen-bond donors (Lipinski definition) is 3. The number of phenols is 1. The molecule has 2 rings (SSSR count). The lowest BCUT2D eigenvalue weighted by atomic mass is 9.94. The Morgan fingerprint density at radius 3 is 2.52 bits per heavy atom. The van der Waals surface area contributed by atoms with Gasteiger partial charge in [-0.3, -0.25) is 4.79 Å². The predicted molar refractivity (Wildman–Crippen MR) is 65.3 cm³/mol. The van der Waals surface area contributed by atoms with Crippen LogP contribution in [0.3, 0.4) is 0 Å². The van der Waals surface area contributed by atoms with E-state index in [0.717, 1.165) is 0 Å². The van der Waals surface area contributed by atoms with Gasteiger partial charge in [0.2, 0.25) is 5.82 Å². The van der Waals surface area contributed by atoms with Crippen LogP contribution in [-0.2, 0) is 4.74 Å². The van der Waals surface area contributed by atoms with Crippen LogP contribution < -0.4 is 5.32 Å². The first-order chi connectivity index (χ1) is 9.84. The summed E-state index contributed by atoms with van der Waals surface area (Å²) >= 11 is 0. The summed E-state index contributed by atoms with van der Waals surface area (Å²) < 4.78 is 44.6. The summed E-state index contributed by atoms with van der Waals surface area (Å²) in [5.41, 5.74) is -2.02.